The number of rotatable bonds is 6. The van der Waals surface area contributed by atoms with Crippen molar-refractivity contribution in [1.82, 2.24) is 9.80 Å². The Bertz CT molecular complexity index is 764. The molecule has 1 aliphatic heterocycles. The number of carbonyl (C=O) groups excluding carboxylic acids is 2. The number of para-hydroxylation sites is 1. The smallest absolute Gasteiger partial charge is 0.305 e. The van der Waals surface area contributed by atoms with Crippen molar-refractivity contribution in [3.63, 3.8) is 0 Å². The fraction of sp³-hybridized carbons (Fsp3) is 0.680. The molecule has 2 unspecified atom stereocenters. The molecule has 6 nitrogen and oxygen atoms in total. The number of piperidine rings is 1. The Kier molecular flexibility index (Phi) is 7.76. The van der Waals surface area contributed by atoms with Crippen LogP contribution in [-0.4, -0.2) is 66.5 Å². The van der Waals surface area contributed by atoms with E-state index in [1.807, 2.05) is 53.1 Å². The van der Waals surface area contributed by atoms with Crippen molar-refractivity contribution < 1.29 is 14.3 Å². The van der Waals surface area contributed by atoms with E-state index >= 15 is 0 Å². The van der Waals surface area contributed by atoms with E-state index in [0.29, 0.717) is 6.42 Å². The third kappa shape index (κ3) is 5.12. The number of esters is 1. The minimum atomic E-state index is -0.532. The largest absolute Gasteiger partial charge is 0.461 e. The van der Waals surface area contributed by atoms with Gasteiger partial charge in [-0.2, -0.15) is 0 Å². The summed E-state index contributed by atoms with van der Waals surface area (Å²) in [5.41, 5.74) is 2.56. The first kappa shape index (κ1) is 23.7. The average Bonchev–Trinajstić information content (AvgIpc) is 2.76. The summed E-state index contributed by atoms with van der Waals surface area (Å²) < 4.78 is 5.79. The number of hydrogen-bond donors (Lipinski definition) is 1. The monoisotopic (exact) mass is 429 g/mol. The van der Waals surface area contributed by atoms with Gasteiger partial charge < -0.3 is 10.1 Å². The van der Waals surface area contributed by atoms with Crippen molar-refractivity contribution >= 4 is 17.6 Å². The first-order valence-electron chi connectivity index (χ1n) is 11.8. The molecule has 0 aromatic heterocycles. The van der Waals surface area contributed by atoms with Crippen molar-refractivity contribution in [3.05, 3.63) is 29.3 Å². The summed E-state index contributed by atoms with van der Waals surface area (Å²) >= 11 is 0. The van der Waals surface area contributed by atoms with E-state index in [0.717, 1.165) is 62.0 Å². The van der Waals surface area contributed by atoms with Crippen LogP contribution in [0.5, 0.6) is 0 Å². The van der Waals surface area contributed by atoms with Crippen LogP contribution in [0.1, 0.15) is 63.0 Å². The Labute approximate surface area is 187 Å². The number of nitrogens with one attached hydrogen (secondary N) is 1. The first-order chi connectivity index (χ1) is 14.8. The topological polar surface area (TPSA) is 61.9 Å². The summed E-state index contributed by atoms with van der Waals surface area (Å²) in [5, 5.41) is 3.24. The molecule has 172 valence electrons. The van der Waals surface area contributed by atoms with Crippen molar-refractivity contribution in [1.29, 1.82) is 0 Å². The average molecular weight is 430 g/mol. The summed E-state index contributed by atoms with van der Waals surface area (Å²) in [6, 6.07) is 6.36. The van der Waals surface area contributed by atoms with Gasteiger partial charge in [0, 0.05) is 31.2 Å². The lowest BCUT2D eigenvalue weighted by Gasteiger charge is -2.48. The molecule has 2 atom stereocenters. The second-order valence-corrected chi connectivity index (χ2v) is 9.42. The van der Waals surface area contributed by atoms with Gasteiger partial charge in [-0.05, 0) is 71.2 Å². The van der Waals surface area contributed by atoms with Gasteiger partial charge in [-0.25, -0.2) is 0 Å². The van der Waals surface area contributed by atoms with Gasteiger partial charge in [0.1, 0.15) is 11.6 Å². The molecule has 1 aliphatic carbocycles. The molecule has 1 aromatic carbocycles. The van der Waals surface area contributed by atoms with Crippen LogP contribution in [0.3, 0.4) is 0 Å². The normalized spacial score (nSPS) is 24.1. The molecule has 6 heteroatoms. The number of aryl methyl sites for hydroxylation is 2. The molecule has 1 saturated heterocycles. The highest BCUT2D eigenvalue weighted by Crippen LogP contribution is 2.34. The lowest BCUT2D eigenvalue weighted by atomic mass is 9.82. The van der Waals surface area contributed by atoms with Crippen molar-refractivity contribution in [2.24, 2.45) is 0 Å². The number of carbonyl (C=O) groups is 2. The summed E-state index contributed by atoms with van der Waals surface area (Å²) in [7, 11) is 4.01. The Balaban J connectivity index is 1.71. The zero-order valence-electron chi connectivity index (χ0n) is 19.9. The van der Waals surface area contributed by atoms with Gasteiger partial charge in [-0.3, -0.25) is 19.4 Å². The highest BCUT2D eigenvalue weighted by atomic mass is 16.5. The summed E-state index contributed by atoms with van der Waals surface area (Å²) in [6.45, 7) is 7.59. The Morgan fingerprint density at radius 1 is 1.13 bits per heavy atom. The van der Waals surface area contributed by atoms with Gasteiger partial charge in [0.15, 0.2) is 0 Å². The minimum absolute atomic E-state index is 0.0171. The van der Waals surface area contributed by atoms with Gasteiger partial charge in [0.25, 0.3) is 0 Å². The fourth-order valence-electron chi connectivity index (χ4n) is 5.23. The molecule has 2 aliphatic rings. The number of benzene rings is 1. The summed E-state index contributed by atoms with van der Waals surface area (Å²) in [5.74, 6) is -0.0309. The number of hydrogen-bond acceptors (Lipinski definition) is 5. The maximum atomic E-state index is 13.5. The molecule has 0 bridgehead atoms. The summed E-state index contributed by atoms with van der Waals surface area (Å²) in [4.78, 5) is 30.0. The van der Waals surface area contributed by atoms with E-state index in [1.165, 1.54) is 6.42 Å². The predicted molar refractivity (Wildman–Crippen MR) is 124 cm³/mol. The Morgan fingerprint density at radius 2 is 1.74 bits per heavy atom. The van der Waals surface area contributed by atoms with Crippen molar-refractivity contribution in [2.45, 2.75) is 83.4 Å². The molecule has 1 saturated carbocycles. The maximum Gasteiger partial charge on any atom is 0.305 e. The molecule has 1 heterocycles. The predicted octanol–water partition coefficient (Wildman–Crippen LogP) is 3.90. The van der Waals surface area contributed by atoms with Gasteiger partial charge >= 0.3 is 5.97 Å². The van der Waals surface area contributed by atoms with Gasteiger partial charge in [0.05, 0.1) is 0 Å². The van der Waals surface area contributed by atoms with Crippen LogP contribution in [0, 0.1) is 13.8 Å². The third-order valence-corrected chi connectivity index (χ3v) is 7.33. The molecule has 1 N–H and O–H groups in total. The number of anilines is 1. The second kappa shape index (κ2) is 10.1. The second-order valence-electron chi connectivity index (χ2n) is 9.42. The fourth-order valence-corrected chi connectivity index (χ4v) is 5.23. The van der Waals surface area contributed by atoms with Gasteiger partial charge in [-0.15, -0.1) is 0 Å². The summed E-state index contributed by atoms with van der Waals surface area (Å²) in [6.07, 6.45) is 6.23. The molecule has 31 heavy (non-hydrogen) atoms. The SMILES string of the molecule is CCC(=O)OC1CCCCC1N1CCC(C(=O)Nc2c(C)cccc2C)(N(C)C)CC1. The van der Waals surface area contributed by atoms with Crippen molar-refractivity contribution in [2.75, 3.05) is 32.5 Å². The lowest BCUT2D eigenvalue weighted by Crippen LogP contribution is -2.62. The molecule has 3 rings (SSSR count). The number of likely N-dealkylation sites (tertiary alicyclic amines) is 1. The molecule has 1 amide bonds. The van der Waals surface area contributed by atoms with Crippen LogP contribution in [-0.2, 0) is 14.3 Å². The molecular formula is C25H39N3O3. The van der Waals surface area contributed by atoms with E-state index < -0.39 is 5.54 Å². The standard InChI is InChI=1S/C25H39N3O3/c1-6-22(29)31-21-13-8-7-12-20(21)28-16-14-25(15-17-28,27(4)5)24(30)26-23-18(2)10-9-11-19(23)3/h9-11,20-21H,6-8,12-17H2,1-5H3,(H,26,30). The van der Waals surface area contributed by atoms with Crippen LogP contribution in [0.4, 0.5) is 5.69 Å². The number of nitrogens with zero attached hydrogens (tertiary/aromatic N) is 2. The van der Waals surface area contributed by atoms with Gasteiger partial charge in [-0.1, -0.05) is 31.5 Å². The highest BCUT2D eigenvalue weighted by molar-refractivity contribution is 5.99. The highest BCUT2D eigenvalue weighted by Gasteiger charge is 2.46. The van der Waals surface area contributed by atoms with E-state index in [1.54, 1.807) is 0 Å². The minimum Gasteiger partial charge on any atom is -0.461 e. The number of likely N-dealkylation sites (N-methyl/N-ethyl adjacent to an activating group) is 1. The molecule has 1 aromatic rings. The van der Waals surface area contributed by atoms with Gasteiger partial charge in [0.2, 0.25) is 5.91 Å². The van der Waals surface area contributed by atoms with Crippen LogP contribution < -0.4 is 5.32 Å². The quantitative estimate of drug-likeness (QED) is 0.695. The van der Waals surface area contributed by atoms with E-state index in [2.05, 4.69) is 15.1 Å². The molecule has 0 radical (unpaired) electrons. The molecular weight excluding hydrogens is 390 g/mol. The molecule has 2 fully saturated rings. The van der Waals surface area contributed by atoms with E-state index in [9.17, 15) is 9.59 Å². The van der Waals surface area contributed by atoms with Crippen LogP contribution in [0.25, 0.3) is 0 Å². The maximum absolute atomic E-state index is 13.5. The third-order valence-electron chi connectivity index (χ3n) is 7.33. The zero-order chi connectivity index (χ0) is 22.6. The first-order valence-corrected chi connectivity index (χ1v) is 11.8. The Hall–Kier alpha value is -1.92. The lowest BCUT2D eigenvalue weighted by molar-refractivity contribution is -0.155. The van der Waals surface area contributed by atoms with E-state index in [-0.39, 0.29) is 24.0 Å². The number of amides is 1. The van der Waals surface area contributed by atoms with E-state index in [4.69, 9.17) is 4.74 Å². The van der Waals surface area contributed by atoms with Crippen LogP contribution in [0.15, 0.2) is 18.2 Å². The number of ether oxygens (including phenoxy) is 1. The van der Waals surface area contributed by atoms with Crippen molar-refractivity contribution in [3.8, 4) is 0 Å². The zero-order valence-corrected chi connectivity index (χ0v) is 19.9. The van der Waals surface area contributed by atoms with Crippen LogP contribution >= 0.6 is 0 Å². The van der Waals surface area contributed by atoms with Crippen LogP contribution in [0.2, 0.25) is 0 Å². The Morgan fingerprint density at radius 3 is 2.32 bits per heavy atom. The molecule has 0 spiro atoms.